The Kier molecular flexibility index (Phi) is 4.60. The summed E-state index contributed by atoms with van der Waals surface area (Å²) in [5, 5.41) is 6.25. The minimum absolute atomic E-state index is 0.284. The maximum atomic E-state index is 12.4. The fraction of sp³-hybridized carbons (Fsp3) is 0.583. The molecule has 0 radical (unpaired) electrons. The Bertz CT molecular complexity index is 386. The van der Waals surface area contributed by atoms with Crippen LogP contribution in [0.4, 0.5) is 19.0 Å². The number of rotatable bonds is 3. The molecule has 1 atom stereocenters. The monoisotopic (exact) mass is 275 g/mol. The van der Waals surface area contributed by atoms with E-state index in [0.29, 0.717) is 25.6 Å². The Morgan fingerprint density at radius 1 is 1.42 bits per heavy atom. The molecule has 1 saturated heterocycles. The SMILES string of the molecule is FC(F)(F)c1ccc(NCC2CNCCOC2)nc1. The zero-order valence-electron chi connectivity index (χ0n) is 10.3. The number of ether oxygens (including phenoxy) is 1. The van der Waals surface area contributed by atoms with Crippen LogP contribution in [-0.4, -0.2) is 37.8 Å². The van der Waals surface area contributed by atoms with Gasteiger partial charge in [-0.25, -0.2) is 4.98 Å². The first kappa shape index (κ1) is 14.1. The summed E-state index contributed by atoms with van der Waals surface area (Å²) in [6, 6.07) is 2.37. The summed E-state index contributed by atoms with van der Waals surface area (Å²) >= 11 is 0. The zero-order chi connectivity index (χ0) is 13.7. The van der Waals surface area contributed by atoms with E-state index in [9.17, 15) is 13.2 Å². The summed E-state index contributed by atoms with van der Waals surface area (Å²) in [5.74, 6) is 0.726. The lowest BCUT2D eigenvalue weighted by Crippen LogP contribution is -2.28. The number of nitrogens with zero attached hydrogens (tertiary/aromatic N) is 1. The number of nitrogens with one attached hydrogen (secondary N) is 2. The van der Waals surface area contributed by atoms with Crippen molar-refractivity contribution in [2.45, 2.75) is 6.18 Å². The van der Waals surface area contributed by atoms with Crippen LogP contribution in [-0.2, 0) is 10.9 Å². The van der Waals surface area contributed by atoms with E-state index in [2.05, 4.69) is 15.6 Å². The van der Waals surface area contributed by atoms with E-state index in [1.165, 1.54) is 6.07 Å². The van der Waals surface area contributed by atoms with Crippen molar-refractivity contribution < 1.29 is 17.9 Å². The van der Waals surface area contributed by atoms with E-state index < -0.39 is 11.7 Å². The molecule has 1 aromatic rings. The summed E-state index contributed by atoms with van der Waals surface area (Å²) in [5.41, 5.74) is -0.738. The molecule has 1 aliphatic heterocycles. The summed E-state index contributed by atoms with van der Waals surface area (Å²) in [6.07, 6.45) is -3.51. The summed E-state index contributed by atoms with van der Waals surface area (Å²) in [4.78, 5) is 3.76. The molecular weight excluding hydrogens is 259 g/mol. The second kappa shape index (κ2) is 6.21. The number of hydrogen-bond acceptors (Lipinski definition) is 4. The van der Waals surface area contributed by atoms with Gasteiger partial charge in [0.25, 0.3) is 0 Å². The van der Waals surface area contributed by atoms with Crippen LogP contribution in [0.2, 0.25) is 0 Å². The normalized spacial score (nSPS) is 20.9. The summed E-state index contributed by atoms with van der Waals surface area (Å²) < 4.78 is 42.5. The lowest BCUT2D eigenvalue weighted by Gasteiger charge is -2.15. The molecule has 19 heavy (non-hydrogen) atoms. The topological polar surface area (TPSA) is 46.2 Å². The highest BCUT2D eigenvalue weighted by atomic mass is 19.4. The fourth-order valence-corrected chi connectivity index (χ4v) is 1.81. The predicted octanol–water partition coefficient (Wildman–Crippen LogP) is 1.75. The summed E-state index contributed by atoms with van der Waals surface area (Å²) in [6.45, 7) is 3.60. The van der Waals surface area contributed by atoms with Crippen molar-refractivity contribution in [1.82, 2.24) is 10.3 Å². The van der Waals surface area contributed by atoms with E-state index in [1.807, 2.05) is 0 Å². The van der Waals surface area contributed by atoms with Gasteiger partial charge in [0.15, 0.2) is 0 Å². The molecule has 2 N–H and O–H groups in total. The second-order valence-corrected chi connectivity index (χ2v) is 4.46. The number of halogens is 3. The number of pyridine rings is 1. The van der Waals surface area contributed by atoms with Gasteiger partial charge < -0.3 is 15.4 Å². The molecule has 0 aliphatic carbocycles. The van der Waals surface area contributed by atoms with Gasteiger partial charge in [0, 0.05) is 31.7 Å². The third kappa shape index (κ3) is 4.36. The third-order valence-electron chi connectivity index (χ3n) is 2.87. The number of alkyl halides is 3. The highest BCUT2D eigenvalue weighted by Crippen LogP contribution is 2.28. The molecule has 2 heterocycles. The Morgan fingerprint density at radius 2 is 2.26 bits per heavy atom. The van der Waals surface area contributed by atoms with Crippen molar-refractivity contribution in [2.24, 2.45) is 5.92 Å². The molecule has 106 valence electrons. The first-order chi connectivity index (χ1) is 9.05. The van der Waals surface area contributed by atoms with Gasteiger partial charge in [-0.15, -0.1) is 0 Å². The molecule has 4 nitrogen and oxygen atoms in total. The van der Waals surface area contributed by atoms with Crippen LogP contribution in [0.5, 0.6) is 0 Å². The number of anilines is 1. The minimum atomic E-state index is -4.34. The van der Waals surface area contributed by atoms with Crippen molar-refractivity contribution in [3.63, 3.8) is 0 Å². The third-order valence-corrected chi connectivity index (χ3v) is 2.87. The Labute approximate surface area is 109 Å². The standard InChI is InChI=1S/C12H16F3N3O/c13-12(14,15)10-1-2-11(18-7-10)17-6-9-5-16-3-4-19-8-9/h1-2,7,9,16H,3-6,8H2,(H,17,18). The molecular formula is C12H16F3N3O. The van der Waals surface area contributed by atoms with E-state index in [1.54, 1.807) is 0 Å². The molecule has 2 rings (SSSR count). The molecule has 0 amide bonds. The van der Waals surface area contributed by atoms with E-state index >= 15 is 0 Å². The first-order valence-electron chi connectivity index (χ1n) is 6.11. The highest BCUT2D eigenvalue weighted by molar-refractivity contribution is 5.36. The molecule has 1 fully saturated rings. The van der Waals surface area contributed by atoms with Crippen molar-refractivity contribution in [3.8, 4) is 0 Å². The minimum Gasteiger partial charge on any atom is -0.380 e. The van der Waals surface area contributed by atoms with E-state index in [0.717, 1.165) is 25.4 Å². The van der Waals surface area contributed by atoms with Gasteiger partial charge in [0.05, 0.1) is 18.8 Å². The average Bonchev–Trinajstić information content (AvgIpc) is 2.64. The maximum absolute atomic E-state index is 12.4. The smallest absolute Gasteiger partial charge is 0.380 e. The average molecular weight is 275 g/mol. The van der Waals surface area contributed by atoms with E-state index in [4.69, 9.17) is 4.74 Å². The van der Waals surface area contributed by atoms with Crippen molar-refractivity contribution >= 4 is 5.82 Å². The van der Waals surface area contributed by atoms with Crippen molar-refractivity contribution in [2.75, 3.05) is 38.2 Å². The van der Waals surface area contributed by atoms with Crippen LogP contribution in [0.1, 0.15) is 5.56 Å². The van der Waals surface area contributed by atoms with Gasteiger partial charge in [-0.1, -0.05) is 0 Å². The van der Waals surface area contributed by atoms with Gasteiger partial charge in [-0.2, -0.15) is 13.2 Å². The van der Waals surface area contributed by atoms with Crippen LogP contribution < -0.4 is 10.6 Å². The quantitative estimate of drug-likeness (QED) is 0.882. The number of hydrogen-bond donors (Lipinski definition) is 2. The molecule has 0 saturated carbocycles. The van der Waals surface area contributed by atoms with Crippen molar-refractivity contribution in [1.29, 1.82) is 0 Å². The lowest BCUT2D eigenvalue weighted by atomic mass is 10.1. The largest absolute Gasteiger partial charge is 0.417 e. The Balaban J connectivity index is 1.85. The van der Waals surface area contributed by atoms with Crippen LogP contribution in [0.25, 0.3) is 0 Å². The molecule has 0 spiro atoms. The molecule has 0 bridgehead atoms. The van der Waals surface area contributed by atoms with Crippen LogP contribution >= 0.6 is 0 Å². The molecule has 1 aromatic heterocycles. The van der Waals surface area contributed by atoms with Gasteiger partial charge in [-0.3, -0.25) is 0 Å². The first-order valence-corrected chi connectivity index (χ1v) is 6.11. The maximum Gasteiger partial charge on any atom is 0.417 e. The Morgan fingerprint density at radius 3 is 2.95 bits per heavy atom. The molecule has 0 aromatic carbocycles. The highest BCUT2D eigenvalue weighted by Gasteiger charge is 2.30. The molecule has 1 aliphatic rings. The van der Waals surface area contributed by atoms with Crippen LogP contribution in [0.3, 0.4) is 0 Å². The van der Waals surface area contributed by atoms with Crippen LogP contribution in [0, 0.1) is 5.92 Å². The van der Waals surface area contributed by atoms with Gasteiger partial charge >= 0.3 is 6.18 Å². The van der Waals surface area contributed by atoms with Gasteiger partial charge in [0.1, 0.15) is 5.82 Å². The number of aromatic nitrogens is 1. The Hall–Kier alpha value is -1.34. The fourth-order valence-electron chi connectivity index (χ4n) is 1.81. The van der Waals surface area contributed by atoms with Crippen LogP contribution in [0.15, 0.2) is 18.3 Å². The summed E-state index contributed by atoms with van der Waals surface area (Å²) in [7, 11) is 0. The lowest BCUT2D eigenvalue weighted by molar-refractivity contribution is -0.137. The van der Waals surface area contributed by atoms with Gasteiger partial charge in [0.2, 0.25) is 0 Å². The molecule has 7 heteroatoms. The van der Waals surface area contributed by atoms with Crippen molar-refractivity contribution in [3.05, 3.63) is 23.9 Å². The molecule has 1 unspecified atom stereocenters. The second-order valence-electron chi connectivity index (χ2n) is 4.46. The van der Waals surface area contributed by atoms with E-state index in [-0.39, 0.29) is 5.92 Å². The van der Waals surface area contributed by atoms with Gasteiger partial charge in [-0.05, 0) is 12.1 Å². The zero-order valence-corrected chi connectivity index (χ0v) is 10.3. The predicted molar refractivity (Wildman–Crippen MR) is 64.9 cm³/mol.